The molecule has 1 aromatic heterocycles. The maximum absolute atomic E-state index is 11.2. The van der Waals surface area contributed by atoms with Crippen molar-refractivity contribution in [2.45, 2.75) is 45.1 Å². The van der Waals surface area contributed by atoms with Crippen LogP contribution < -0.4 is 5.32 Å². The minimum absolute atomic E-state index is 0.0573. The Kier molecular flexibility index (Phi) is 3.79. The van der Waals surface area contributed by atoms with Gasteiger partial charge in [0.1, 0.15) is 17.7 Å². The van der Waals surface area contributed by atoms with Crippen molar-refractivity contribution in [3.8, 4) is 0 Å². The first kappa shape index (κ1) is 12.8. The topological polar surface area (TPSA) is 75.1 Å². The summed E-state index contributed by atoms with van der Waals surface area (Å²) in [5.41, 5.74) is 0. The van der Waals surface area contributed by atoms with Crippen LogP contribution in [-0.2, 0) is 4.79 Å². The molecule has 2 atom stereocenters. The lowest BCUT2D eigenvalue weighted by Gasteiger charge is -2.20. The molecular formula is C13H19N3O2. The summed E-state index contributed by atoms with van der Waals surface area (Å²) in [6.07, 6.45) is 4.78. The van der Waals surface area contributed by atoms with Crippen LogP contribution in [-0.4, -0.2) is 27.1 Å². The van der Waals surface area contributed by atoms with E-state index < -0.39 is 12.0 Å². The van der Waals surface area contributed by atoms with Crippen LogP contribution >= 0.6 is 0 Å². The smallest absolute Gasteiger partial charge is 0.326 e. The lowest BCUT2D eigenvalue weighted by molar-refractivity contribution is -0.139. The van der Waals surface area contributed by atoms with Gasteiger partial charge in [-0.2, -0.15) is 0 Å². The Bertz CT molecular complexity index is 432. The number of carbonyl (C=O) groups is 1. The van der Waals surface area contributed by atoms with Gasteiger partial charge in [0, 0.05) is 12.1 Å². The third-order valence-electron chi connectivity index (χ3n) is 3.40. The number of hydrogen-bond acceptors (Lipinski definition) is 4. The molecule has 2 N–H and O–H groups in total. The van der Waals surface area contributed by atoms with Crippen LogP contribution in [0.4, 0.5) is 5.82 Å². The molecule has 0 saturated heterocycles. The average Bonchev–Trinajstić information content (AvgIpc) is 3.19. The monoisotopic (exact) mass is 249 g/mol. The Morgan fingerprint density at radius 1 is 1.61 bits per heavy atom. The van der Waals surface area contributed by atoms with E-state index in [-0.39, 0.29) is 5.92 Å². The third-order valence-corrected chi connectivity index (χ3v) is 3.40. The predicted octanol–water partition coefficient (Wildman–Crippen LogP) is 2.27. The number of hydrogen-bond donors (Lipinski definition) is 2. The zero-order valence-electron chi connectivity index (χ0n) is 10.8. The zero-order chi connectivity index (χ0) is 13.1. The highest BCUT2D eigenvalue weighted by molar-refractivity contribution is 5.77. The van der Waals surface area contributed by atoms with E-state index in [2.05, 4.69) is 15.3 Å². The third kappa shape index (κ3) is 2.97. The second-order valence-electron chi connectivity index (χ2n) is 4.92. The van der Waals surface area contributed by atoms with Gasteiger partial charge in [0.15, 0.2) is 0 Å². The number of aliphatic carboxylic acids is 1. The van der Waals surface area contributed by atoms with Crippen LogP contribution in [0, 0.1) is 5.92 Å². The van der Waals surface area contributed by atoms with E-state index in [0.29, 0.717) is 11.7 Å². The average molecular weight is 249 g/mol. The quantitative estimate of drug-likeness (QED) is 0.808. The molecule has 2 rings (SSSR count). The molecule has 0 bridgehead atoms. The number of rotatable bonds is 6. The van der Waals surface area contributed by atoms with Crippen molar-refractivity contribution in [1.82, 2.24) is 9.97 Å². The van der Waals surface area contributed by atoms with Gasteiger partial charge in [-0.05, 0) is 24.8 Å². The summed E-state index contributed by atoms with van der Waals surface area (Å²) in [5, 5.41) is 12.2. The Labute approximate surface area is 107 Å². The number of nitrogens with zero attached hydrogens (tertiary/aromatic N) is 2. The Hall–Kier alpha value is -1.65. The summed E-state index contributed by atoms with van der Waals surface area (Å²) in [5.74, 6) is 1.13. The Morgan fingerprint density at radius 3 is 2.89 bits per heavy atom. The number of carboxylic acid groups (broad SMARTS) is 1. The van der Waals surface area contributed by atoms with Crippen LogP contribution in [0.1, 0.15) is 44.9 Å². The minimum atomic E-state index is -0.837. The van der Waals surface area contributed by atoms with Crippen molar-refractivity contribution in [2.24, 2.45) is 5.92 Å². The molecule has 5 heteroatoms. The summed E-state index contributed by atoms with van der Waals surface area (Å²) < 4.78 is 0. The van der Waals surface area contributed by atoms with Gasteiger partial charge in [-0.1, -0.05) is 20.3 Å². The van der Waals surface area contributed by atoms with Crippen molar-refractivity contribution in [2.75, 3.05) is 5.32 Å². The number of nitrogens with one attached hydrogen (secondary N) is 1. The van der Waals surface area contributed by atoms with Gasteiger partial charge in [0.25, 0.3) is 0 Å². The van der Waals surface area contributed by atoms with Gasteiger partial charge in [-0.25, -0.2) is 14.8 Å². The summed E-state index contributed by atoms with van der Waals surface area (Å²) in [4.78, 5) is 19.8. The first-order chi connectivity index (χ1) is 8.61. The SMILES string of the molecule is CC[C@H](C)[C@H](Nc1ccnc(C2CC2)n1)C(=O)O. The maximum Gasteiger partial charge on any atom is 0.326 e. The molecule has 0 radical (unpaired) electrons. The van der Waals surface area contributed by atoms with Gasteiger partial charge in [0.2, 0.25) is 0 Å². The summed E-state index contributed by atoms with van der Waals surface area (Å²) in [6, 6.07) is 1.13. The van der Waals surface area contributed by atoms with Gasteiger partial charge in [0.05, 0.1) is 0 Å². The van der Waals surface area contributed by atoms with E-state index in [9.17, 15) is 9.90 Å². The van der Waals surface area contributed by atoms with E-state index in [1.165, 1.54) is 0 Å². The highest BCUT2D eigenvalue weighted by Crippen LogP contribution is 2.38. The first-order valence-electron chi connectivity index (χ1n) is 6.44. The van der Waals surface area contributed by atoms with Crippen molar-refractivity contribution >= 4 is 11.8 Å². The van der Waals surface area contributed by atoms with E-state index in [1.807, 2.05) is 13.8 Å². The standard InChI is InChI=1S/C13H19N3O2/c1-3-8(2)11(13(17)18)15-10-6-7-14-12(16-10)9-4-5-9/h6-9,11H,3-5H2,1-2H3,(H,17,18)(H,14,15,16)/t8-,11-/m0/s1. The van der Waals surface area contributed by atoms with Crippen LogP contribution in [0.3, 0.4) is 0 Å². The molecule has 1 aromatic rings. The van der Waals surface area contributed by atoms with Crippen LogP contribution in [0.5, 0.6) is 0 Å². The van der Waals surface area contributed by atoms with Crippen LogP contribution in [0.15, 0.2) is 12.3 Å². The van der Waals surface area contributed by atoms with E-state index in [4.69, 9.17) is 0 Å². The molecule has 0 aromatic carbocycles. The predicted molar refractivity (Wildman–Crippen MR) is 68.5 cm³/mol. The number of carboxylic acids is 1. The molecule has 1 saturated carbocycles. The fourth-order valence-corrected chi connectivity index (χ4v) is 1.83. The van der Waals surface area contributed by atoms with E-state index in [0.717, 1.165) is 25.1 Å². The van der Waals surface area contributed by atoms with Crippen LogP contribution in [0.25, 0.3) is 0 Å². The lowest BCUT2D eigenvalue weighted by atomic mass is 9.99. The molecule has 1 aliphatic rings. The van der Waals surface area contributed by atoms with Crippen molar-refractivity contribution < 1.29 is 9.90 Å². The summed E-state index contributed by atoms with van der Waals surface area (Å²) in [6.45, 7) is 3.91. The highest BCUT2D eigenvalue weighted by atomic mass is 16.4. The van der Waals surface area contributed by atoms with Crippen molar-refractivity contribution in [3.63, 3.8) is 0 Å². The summed E-state index contributed by atoms with van der Waals surface area (Å²) >= 11 is 0. The first-order valence-corrected chi connectivity index (χ1v) is 6.44. The molecule has 18 heavy (non-hydrogen) atoms. The molecule has 1 heterocycles. The molecule has 5 nitrogen and oxygen atoms in total. The zero-order valence-corrected chi connectivity index (χ0v) is 10.8. The van der Waals surface area contributed by atoms with E-state index >= 15 is 0 Å². The fourth-order valence-electron chi connectivity index (χ4n) is 1.83. The minimum Gasteiger partial charge on any atom is -0.480 e. The molecule has 0 aliphatic heterocycles. The van der Waals surface area contributed by atoms with Gasteiger partial charge < -0.3 is 10.4 Å². The Balaban J connectivity index is 2.10. The maximum atomic E-state index is 11.2. The molecule has 1 fully saturated rings. The molecular weight excluding hydrogens is 230 g/mol. The highest BCUT2D eigenvalue weighted by Gasteiger charge is 2.28. The fraction of sp³-hybridized carbons (Fsp3) is 0.615. The molecule has 1 aliphatic carbocycles. The van der Waals surface area contributed by atoms with Crippen LogP contribution in [0.2, 0.25) is 0 Å². The summed E-state index contributed by atoms with van der Waals surface area (Å²) in [7, 11) is 0. The lowest BCUT2D eigenvalue weighted by Crippen LogP contribution is -2.35. The van der Waals surface area contributed by atoms with Crippen molar-refractivity contribution in [3.05, 3.63) is 18.1 Å². The van der Waals surface area contributed by atoms with Gasteiger partial charge in [-0.15, -0.1) is 0 Å². The van der Waals surface area contributed by atoms with E-state index in [1.54, 1.807) is 12.3 Å². The number of aromatic nitrogens is 2. The Morgan fingerprint density at radius 2 is 2.33 bits per heavy atom. The van der Waals surface area contributed by atoms with Crippen molar-refractivity contribution in [1.29, 1.82) is 0 Å². The molecule has 98 valence electrons. The number of anilines is 1. The second kappa shape index (κ2) is 5.33. The molecule has 0 spiro atoms. The largest absolute Gasteiger partial charge is 0.480 e. The van der Waals surface area contributed by atoms with Gasteiger partial charge >= 0.3 is 5.97 Å². The van der Waals surface area contributed by atoms with Gasteiger partial charge in [-0.3, -0.25) is 0 Å². The molecule has 0 unspecified atom stereocenters. The normalized spacial score (nSPS) is 18.1. The second-order valence-corrected chi connectivity index (χ2v) is 4.92. The molecule has 0 amide bonds.